The van der Waals surface area contributed by atoms with E-state index in [4.69, 9.17) is 10.5 Å². The number of nitrogens with zero attached hydrogens (tertiary/aromatic N) is 1. The molecule has 0 saturated carbocycles. The fraction of sp³-hybridized carbons (Fsp3) is 1.00. The highest BCUT2D eigenvalue weighted by Crippen LogP contribution is 2.15. The molecule has 2 saturated heterocycles. The van der Waals surface area contributed by atoms with Crippen LogP contribution in [0.25, 0.3) is 0 Å². The van der Waals surface area contributed by atoms with Gasteiger partial charge < -0.3 is 10.5 Å². The molecule has 2 rings (SSSR count). The van der Waals surface area contributed by atoms with E-state index >= 15 is 0 Å². The molecule has 2 heterocycles. The summed E-state index contributed by atoms with van der Waals surface area (Å²) in [5.74, 6) is 0. The Morgan fingerprint density at radius 1 is 1.40 bits per heavy atom. The summed E-state index contributed by atoms with van der Waals surface area (Å²) in [6.45, 7) is 4.20. The zero-order valence-electron chi connectivity index (χ0n) is 6.12. The smallest absolute Gasteiger partial charge is 0.0853 e. The molecule has 0 aliphatic carbocycles. The van der Waals surface area contributed by atoms with Gasteiger partial charge in [0.05, 0.1) is 12.7 Å². The Balaban J connectivity index is 2.00. The number of rotatable bonds is 0. The first kappa shape index (κ1) is 6.58. The van der Waals surface area contributed by atoms with Crippen LogP contribution < -0.4 is 5.73 Å². The van der Waals surface area contributed by atoms with Crippen LogP contribution in [0.4, 0.5) is 0 Å². The van der Waals surface area contributed by atoms with E-state index in [0.29, 0.717) is 6.10 Å². The van der Waals surface area contributed by atoms with Crippen molar-refractivity contribution in [1.29, 1.82) is 0 Å². The molecule has 2 N–H and O–H groups in total. The van der Waals surface area contributed by atoms with Crippen LogP contribution in [0.5, 0.6) is 0 Å². The predicted octanol–water partition coefficient (Wildman–Crippen LogP) is -0.582. The molecule has 2 bridgehead atoms. The van der Waals surface area contributed by atoms with Crippen LogP contribution in [-0.2, 0) is 4.74 Å². The highest BCUT2D eigenvalue weighted by Gasteiger charge is 2.30. The molecule has 58 valence electrons. The second-order valence-corrected chi connectivity index (χ2v) is 3.16. The molecule has 3 heteroatoms. The number of nitrogens with two attached hydrogens (primary N) is 1. The molecule has 3 unspecified atom stereocenters. The summed E-state index contributed by atoms with van der Waals surface area (Å²) >= 11 is 0. The summed E-state index contributed by atoms with van der Waals surface area (Å²) in [5.41, 5.74) is 5.83. The first-order valence-electron chi connectivity index (χ1n) is 3.96. The van der Waals surface area contributed by atoms with E-state index in [0.717, 1.165) is 26.1 Å². The van der Waals surface area contributed by atoms with E-state index in [2.05, 4.69) is 4.90 Å². The molecular weight excluding hydrogens is 128 g/mol. The third-order valence-electron chi connectivity index (χ3n) is 2.43. The third kappa shape index (κ3) is 1.05. The summed E-state index contributed by atoms with van der Waals surface area (Å²) in [5, 5.41) is 0. The Hall–Kier alpha value is -0.120. The Labute approximate surface area is 61.1 Å². The van der Waals surface area contributed by atoms with Gasteiger partial charge in [-0.3, -0.25) is 4.90 Å². The zero-order valence-corrected chi connectivity index (χ0v) is 6.12. The average Bonchev–Trinajstić information content (AvgIpc) is 1.99. The normalized spacial score (nSPS) is 47.1. The van der Waals surface area contributed by atoms with E-state index in [-0.39, 0.29) is 6.04 Å². The molecule has 0 spiro atoms. The largest absolute Gasteiger partial charge is 0.374 e. The fourth-order valence-electron chi connectivity index (χ4n) is 1.71. The van der Waals surface area contributed by atoms with Crippen molar-refractivity contribution in [2.45, 2.75) is 18.6 Å². The van der Waals surface area contributed by atoms with Crippen molar-refractivity contribution in [2.75, 3.05) is 26.2 Å². The van der Waals surface area contributed by atoms with Crippen molar-refractivity contribution in [1.82, 2.24) is 4.90 Å². The van der Waals surface area contributed by atoms with Gasteiger partial charge in [0.25, 0.3) is 0 Å². The molecule has 3 atom stereocenters. The highest BCUT2D eigenvalue weighted by atomic mass is 16.5. The molecule has 10 heavy (non-hydrogen) atoms. The van der Waals surface area contributed by atoms with Crippen LogP contribution in [0.1, 0.15) is 6.42 Å². The molecular formula is C7H14N2O. The van der Waals surface area contributed by atoms with E-state index in [1.807, 2.05) is 0 Å². The Morgan fingerprint density at radius 3 is 3.10 bits per heavy atom. The van der Waals surface area contributed by atoms with Crippen molar-refractivity contribution in [3.63, 3.8) is 0 Å². The van der Waals surface area contributed by atoms with Crippen LogP contribution in [0.15, 0.2) is 0 Å². The molecule has 3 nitrogen and oxygen atoms in total. The summed E-state index contributed by atoms with van der Waals surface area (Å²) in [4.78, 5) is 2.43. The molecule has 2 fully saturated rings. The maximum Gasteiger partial charge on any atom is 0.0853 e. The van der Waals surface area contributed by atoms with Crippen molar-refractivity contribution in [3.8, 4) is 0 Å². The van der Waals surface area contributed by atoms with Crippen LogP contribution in [0, 0.1) is 0 Å². The Morgan fingerprint density at radius 2 is 2.30 bits per heavy atom. The van der Waals surface area contributed by atoms with Gasteiger partial charge in [0.1, 0.15) is 0 Å². The third-order valence-corrected chi connectivity index (χ3v) is 2.43. The van der Waals surface area contributed by atoms with Crippen LogP contribution in [0.2, 0.25) is 0 Å². The van der Waals surface area contributed by atoms with Gasteiger partial charge in [0.15, 0.2) is 0 Å². The average molecular weight is 142 g/mol. The lowest BCUT2D eigenvalue weighted by molar-refractivity contribution is -0.0646. The van der Waals surface area contributed by atoms with Gasteiger partial charge in [0, 0.05) is 19.1 Å². The minimum atomic E-state index is 0.288. The van der Waals surface area contributed by atoms with Crippen LogP contribution in [0.3, 0.4) is 0 Å². The quantitative estimate of drug-likeness (QED) is 0.491. The topological polar surface area (TPSA) is 38.5 Å². The van der Waals surface area contributed by atoms with Gasteiger partial charge in [-0.1, -0.05) is 0 Å². The summed E-state index contributed by atoms with van der Waals surface area (Å²) < 4.78 is 5.49. The number of piperidine rings is 1. The summed E-state index contributed by atoms with van der Waals surface area (Å²) in [6.07, 6.45) is 1.42. The van der Waals surface area contributed by atoms with Gasteiger partial charge in [-0.2, -0.15) is 0 Å². The van der Waals surface area contributed by atoms with Crippen molar-refractivity contribution >= 4 is 0 Å². The van der Waals surface area contributed by atoms with Crippen LogP contribution >= 0.6 is 0 Å². The number of morpholine rings is 1. The van der Waals surface area contributed by atoms with Crippen molar-refractivity contribution in [2.24, 2.45) is 5.73 Å². The second-order valence-electron chi connectivity index (χ2n) is 3.16. The molecule has 0 aromatic heterocycles. The number of fused-ring (bicyclic) bond motifs is 2. The second kappa shape index (κ2) is 2.49. The monoisotopic (exact) mass is 142 g/mol. The molecule has 2 aliphatic heterocycles. The van der Waals surface area contributed by atoms with Crippen LogP contribution in [-0.4, -0.2) is 43.3 Å². The molecule has 0 aromatic rings. The predicted molar refractivity (Wildman–Crippen MR) is 38.8 cm³/mol. The highest BCUT2D eigenvalue weighted by molar-refractivity contribution is 4.86. The van der Waals surface area contributed by atoms with Crippen molar-refractivity contribution in [3.05, 3.63) is 0 Å². The molecule has 0 aromatic carbocycles. The molecule has 0 amide bonds. The van der Waals surface area contributed by atoms with Crippen molar-refractivity contribution < 1.29 is 4.74 Å². The van der Waals surface area contributed by atoms with E-state index in [1.54, 1.807) is 0 Å². The Kier molecular flexibility index (Phi) is 1.64. The minimum absolute atomic E-state index is 0.288. The van der Waals surface area contributed by atoms with E-state index < -0.39 is 0 Å². The lowest BCUT2D eigenvalue weighted by Gasteiger charge is -2.40. The van der Waals surface area contributed by atoms with Gasteiger partial charge in [-0.05, 0) is 13.0 Å². The minimum Gasteiger partial charge on any atom is -0.374 e. The maximum atomic E-state index is 5.83. The Bertz CT molecular complexity index is 127. The maximum absolute atomic E-state index is 5.83. The zero-order chi connectivity index (χ0) is 6.97. The summed E-state index contributed by atoms with van der Waals surface area (Å²) in [6, 6.07) is 0.288. The summed E-state index contributed by atoms with van der Waals surface area (Å²) in [7, 11) is 0. The standard InChI is InChI=1S/C7H14N2O/c8-6-1-2-9-3-4-10-7(6)5-9/h6-7H,1-5,8H2. The van der Waals surface area contributed by atoms with E-state index in [1.165, 1.54) is 6.54 Å². The number of hydrogen-bond acceptors (Lipinski definition) is 3. The number of hydrogen-bond donors (Lipinski definition) is 1. The lowest BCUT2D eigenvalue weighted by Crippen LogP contribution is -2.56. The number of ether oxygens (including phenoxy) is 1. The van der Waals surface area contributed by atoms with Gasteiger partial charge in [-0.25, -0.2) is 0 Å². The fourth-order valence-corrected chi connectivity index (χ4v) is 1.71. The molecule has 2 aliphatic rings. The molecule has 0 radical (unpaired) electrons. The lowest BCUT2D eigenvalue weighted by atomic mass is 10.0. The first-order chi connectivity index (χ1) is 4.86. The first-order valence-corrected chi connectivity index (χ1v) is 3.96. The van der Waals surface area contributed by atoms with Gasteiger partial charge >= 0.3 is 0 Å². The van der Waals surface area contributed by atoms with Gasteiger partial charge in [-0.15, -0.1) is 0 Å². The van der Waals surface area contributed by atoms with E-state index in [9.17, 15) is 0 Å². The van der Waals surface area contributed by atoms with Gasteiger partial charge in [0.2, 0.25) is 0 Å². The SMILES string of the molecule is NC1CCN2CCOC1C2.